The molecular formula is C20H24FN3O2. The molecule has 1 saturated heterocycles. The fraction of sp³-hybridized carbons (Fsp3) is 0.350. The highest BCUT2D eigenvalue weighted by Gasteiger charge is 2.22. The first-order valence-corrected chi connectivity index (χ1v) is 8.91. The molecule has 5 nitrogen and oxygen atoms in total. The van der Waals surface area contributed by atoms with Gasteiger partial charge in [0.1, 0.15) is 11.6 Å². The number of hydrogen-bond acceptors (Lipinski definition) is 3. The average molecular weight is 357 g/mol. The molecule has 1 N–H and O–H groups in total. The lowest BCUT2D eigenvalue weighted by Crippen LogP contribution is -2.49. The number of ether oxygens (including phenoxy) is 1. The molecule has 0 bridgehead atoms. The van der Waals surface area contributed by atoms with Crippen molar-refractivity contribution in [2.24, 2.45) is 0 Å². The molecule has 0 atom stereocenters. The molecule has 2 amide bonds. The lowest BCUT2D eigenvalue weighted by atomic mass is 10.2. The van der Waals surface area contributed by atoms with Crippen LogP contribution in [0.25, 0.3) is 0 Å². The number of carbonyl (C=O) groups excluding carboxylic acids is 1. The van der Waals surface area contributed by atoms with Gasteiger partial charge in [0, 0.05) is 38.3 Å². The van der Waals surface area contributed by atoms with Gasteiger partial charge < -0.3 is 15.0 Å². The number of rotatable bonds is 5. The maximum absolute atomic E-state index is 13.8. The minimum atomic E-state index is -0.180. The van der Waals surface area contributed by atoms with Gasteiger partial charge in [0.05, 0.1) is 12.3 Å². The quantitative estimate of drug-likeness (QED) is 0.890. The fourth-order valence-electron chi connectivity index (χ4n) is 3.02. The van der Waals surface area contributed by atoms with Crippen molar-refractivity contribution in [3.8, 4) is 5.75 Å². The predicted molar refractivity (Wildman–Crippen MR) is 99.9 cm³/mol. The third kappa shape index (κ3) is 4.52. The molecule has 0 radical (unpaired) electrons. The largest absolute Gasteiger partial charge is 0.492 e. The molecule has 0 spiro atoms. The summed E-state index contributed by atoms with van der Waals surface area (Å²) in [4.78, 5) is 16.5. The summed E-state index contributed by atoms with van der Waals surface area (Å²) < 4.78 is 19.3. The van der Waals surface area contributed by atoms with E-state index in [0.717, 1.165) is 13.1 Å². The van der Waals surface area contributed by atoms with E-state index in [4.69, 9.17) is 4.74 Å². The number of nitrogens with zero attached hydrogens (tertiary/aromatic N) is 2. The van der Waals surface area contributed by atoms with Crippen molar-refractivity contribution < 1.29 is 13.9 Å². The number of hydrogen-bond donors (Lipinski definition) is 1. The molecule has 26 heavy (non-hydrogen) atoms. The maximum Gasteiger partial charge on any atom is 0.322 e. The first-order chi connectivity index (χ1) is 12.7. The van der Waals surface area contributed by atoms with E-state index in [0.29, 0.717) is 43.2 Å². The van der Waals surface area contributed by atoms with E-state index in [1.54, 1.807) is 17.0 Å². The summed E-state index contributed by atoms with van der Waals surface area (Å²) in [6.45, 7) is 5.67. The summed E-state index contributed by atoms with van der Waals surface area (Å²) in [7, 11) is 0. The van der Waals surface area contributed by atoms with E-state index < -0.39 is 0 Å². The Labute approximate surface area is 153 Å². The number of amides is 2. The summed E-state index contributed by atoms with van der Waals surface area (Å²) >= 11 is 0. The van der Waals surface area contributed by atoms with E-state index >= 15 is 0 Å². The molecule has 3 rings (SSSR count). The Bertz CT molecular complexity index is 745. The molecule has 1 aliphatic rings. The number of urea groups is 1. The second-order valence-electron chi connectivity index (χ2n) is 6.21. The van der Waals surface area contributed by atoms with Gasteiger partial charge in [-0.15, -0.1) is 0 Å². The molecule has 2 aromatic carbocycles. The van der Waals surface area contributed by atoms with Crippen molar-refractivity contribution in [1.29, 1.82) is 0 Å². The summed E-state index contributed by atoms with van der Waals surface area (Å²) in [5, 5.41) is 2.92. The molecule has 0 saturated carbocycles. The van der Waals surface area contributed by atoms with Crippen molar-refractivity contribution >= 4 is 11.7 Å². The van der Waals surface area contributed by atoms with Crippen LogP contribution in [0.1, 0.15) is 12.5 Å². The second kappa shape index (κ2) is 8.67. The predicted octanol–water partition coefficient (Wildman–Crippen LogP) is 3.57. The number of piperazine rings is 1. The van der Waals surface area contributed by atoms with Crippen LogP contribution in [0.4, 0.5) is 14.9 Å². The van der Waals surface area contributed by atoms with Crippen LogP contribution in [-0.2, 0) is 6.54 Å². The van der Waals surface area contributed by atoms with Crippen LogP contribution in [0, 0.1) is 5.82 Å². The van der Waals surface area contributed by atoms with Crippen LogP contribution in [0.3, 0.4) is 0 Å². The van der Waals surface area contributed by atoms with E-state index in [1.165, 1.54) is 6.07 Å². The zero-order valence-corrected chi connectivity index (χ0v) is 15.0. The van der Waals surface area contributed by atoms with Gasteiger partial charge in [0.25, 0.3) is 0 Å². The van der Waals surface area contributed by atoms with Crippen molar-refractivity contribution in [2.75, 3.05) is 38.1 Å². The minimum absolute atomic E-state index is 0.136. The summed E-state index contributed by atoms with van der Waals surface area (Å²) in [6.07, 6.45) is 0. The van der Waals surface area contributed by atoms with Crippen molar-refractivity contribution in [3.05, 3.63) is 59.9 Å². The van der Waals surface area contributed by atoms with Gasteiger partial charge in [-0.25, -0.2) is 9.18 Å². The van der Waals surface area contributed by atoms with Crippen LogP contribution in [0.2, 0.25) is 0 Å². The number of carbonyl (C=O) groups is 1. The van der Waals surface area contributed by atoms with Crippen molar-refractivity contribution in [2.45, 2.75) is 13.5 Å². The molecule has 1 aliphatic heterocycles. The summed E-state index contributed by atoms with van der Waals surface area (Å²) in [5.74, 6) is 0.488. The maximum atomic E-state index is 13.8. The molecule has 0 unspecified atom stereocenters. The minimum Gasteiger partial charge on any atom is -0.492 e. The van der Waals surface area contributed by atoms with Gasteiger partial charge in [0.2, 0.25) is 0 Å². The van der Waals surface area contributed by atoms with Crippen LogP contribution >= 0.6 is 0 Å². The Morgan fingerprint density at radius 2 is 1.77 bits per heavy atom. The molecule has 138 valence electrons. The zero-order chi connectivity index (χ0) is 18.4. The highest BCUT2D eigenvalue weighted by Crippen LogP contribution is 2.24. The number of para-hydroxylation sites is 2. The summed E-state index contributed by atoms with van der Waals surface area (Å²) in [6, 6.07) is 14.1. The Kier molecular flexibility index (Phi) is 6.07. The zero-order valence-electron chi connectivity index (χ0n) is 15.0. The van der Waals surface area contributed by atoms with Gasteiger partial charge in [-0.2, -0.15) is 0 Å². The molecule has 2 aromatic rings. The Hall–Kier alpha value is -2.60. The lowest BCUT2D eigenvalue weighted by Gasteiger charge is -2.34. The van der Waals surface area contributed by atoms with Crippen LogP contribution < -0.4 is 10.1 Å². The molecule has 1 heterocycles. The van der Waals surface area contributed by atoms with Crippen molar-refractivity contribution in [1.82, 2.24) is 9.80 Å². The van der Waals surface area contributed by atoms with E-state index in [1.807, 2.05) is 37.3 Å². The van der Waals surface area contributed by atoms with Gasteiger partial charge in [-0.3, -0.25) is 4.90 Å². The van der Waals surface area contributed by atoms with Crippen molar-refractivity contribution in [3.63, 3.8) is 0 Å². The number of nitrogens with one attached hydrogen (secondary N) is 1. The number of halogens is 1. The normalized spacial score (nSPS) is 14.9. The van der Waals surface area contributed by atoms with E-state index in [2.05, 4.69) is 10.2 Å². The standard InChI is InChI=1S/C20H24FN3O2/c1-2-26-19-10-6-5-9-18(19)22-20(25)24-13-11-23(12-14-24)15-16-7-3-4-8-17(16)21/h3-10H,2,11-15H2,1H3,(H,22,25). The fourth-order valence-corrected chi connectivity index (χ4v) is 3.02. The van der Waals surface area contributed by atoms with Crippen LogP contribution in [0.5, 0.6) is 5.75 Å². The van der Waals surface area contributed by atoms with Gasteiger partial charge >= 0.3 is 6.03 Å². The Morgan fingerprint density at radius 3 is 2.50 bits per heavy atom. The monoisotopic (exact) mass is 357 g/mol. The highest BCUT2D eigenvalue weighted by molar-refractivity contribution is 5.91. The molecular weight excluding hydrogens is 333 g/mol. The topological polar surface area (TPSA) is 44.8 Å². The van der Waals surface area contributed by atoms with E-state index in [9.17, 15) is 9.18 Å². The molecule has 0 aromatic heterocycles. The third-order valence-corrected chi connectivity index (χ3v) is 4.44. The third-order valence-electron chi connectivity index (χ3n) is 4.44. The number of benzene rings is 2. The van der Waals surface area contributed by atoms with E-state index in [-0.39, 0.29) is 11.8 Å². The molecule has 0 aliphatic carbocycles. The lowest BCUT2D eigenvalue weighted by molar-refractivity contribution is 0.142. The highest BCUT2D eigenvalue weighted by atomic mass is 19.1. The molecule has 1 fully saturated rings. The first kappa shape index (κ1) is 18.2. The second-order valence-corrected chi connectivity index (χ2v) is 6.21. The smallest absolute Gasteiger partial charge is 0.322 e. The Morgan fingerprint density at radius 1 is 1.08 bits per heavy atom. The average Bonchev–Trinajstić information content (AvgIpc) is 2.66. The van der Waals surface area contributed by atoms with Gasteiger partial charge in [-0.1, -0.05) is 30.3 Å². The number of anilines is 1. The summed E-state index contributed by atoms with van der Waals surface area (Å²) in [5.41, 5.74) is 1.36. The van der Waals surface area contributed by atoms with Gasteiger partial charge in [-0.05, 0) is 25.1 Å². The van der Waals surface area contributed by atoms with Gasteiger partial charge in [0.15, 0.2) is 0 Å². The van der Waals surface area contributed by atoms with Crippen LogP contribution in [0.15, 0.2) is 48.5 Å². The van der Waals surface area contributed by atoms with Crippen LogP contribution in [-0.4, -0.2) is 48.6 Å². The SMILES string of the molecule is CCOc1ccccc1NC(=O)N1CCN(Cc2ccccc2F)CC1. The Balaban J connectivity index is 1.53. The molecule has 6 heteroatoms. The first-order valence-electron chi connectivity index (χ1n) is 8.91.